The van der Waals surface area contributed by atoms with Crippen LogP contribution in [0.2, 0.25) is 0 Å². The van der Waals surface area contributed by atoms with Crippen LogP contribution in [0.5, 0.6) is 5.75 Å². The first kappa shape index (κ1) is 24.0. The lowest BCUT2D eigenvalue weighted by atomic mass is 9.82. The van der Waals surface area contributed by atoms with Crippen molar-refractivity contribution in [3.63, 3.8) is 0 Å². The number of amides is 1. The number of carboxylic acids is 1. The van der Waals surface area contributed by atoms with Crippen molar-refractivity contribution in [2.45, 2.75) is 83.4 Å². The van der Waals surface area contributed by atoms with Gasteiger partial charge in [0.05, 0.1) is 6.54 Å². The predicted molar refractivity (Wildman–Crippen MR) is 133 cm³/mol. The molecule has 1 fully saturated rings. The van der Waals surface area contributed by atoms with Crippen molar-refractivity contribution >= 4 is 17.7 Å². The van der Waals surface area contributed by atoms with Gasteiger partial charge in [-0.25, -0.2) is 4.79 Å². The van der Waals surface area contributed by atoms with Crippen LogP contribution in [0.4, 0.5) is 0 Å². The Morgan fingerprint density at radius 3 is 2.53 bits per heavy atom. The van der Waals surface area contributed by atoms with E-state index in [0.717, 1.165) is 67.5 Å². The minimum absolute atomic E-state index is 0.180. The highest BCUT2D eigenvalue weighted by Crippen LogP contribution is 2.38. The number of carbonyl (C=O) groups excluding carboxylic acids is 1. The summed E-state index contributed by atoms with van der Waals surface area (Å²) in [4.78, 5) is 31.5. The van der Waals surface area contributed by atoms with Gasteiger partial charge < -0.3 is 9.84 Å². The fraction of sp³-hybridized carbons (Fsp3) is 0.464. The van der Waals surface area contributed by atoms with Crippen molar-refractivity contribution in [3.05, 3.63) is 54.1 Å². The van der Waals surface area contributed by atoms with Crippen LogP contribution >= 0.6 is 0 Å². The maximum absolute atomic E-state index is 13.5. The number of carbonyl (C=O) groups is 2. The molecule has 0 radical (unpaired) electrons. The van der Waals surface area contributed by atoms with Crippen molar-refractivity contribution in [1.82, 2.24) is 4.90 Å². The second kappa shape index (κ2) is 10.4. The lowest BCUT2D eigenvalue weighted by molar-refractivity contribution is -0.144. The van der Waals surface area contributed by atoms with E-state index in [9.17, 15) is 9.59 Å². The zero-order chi connectivity index (χ0) is 24.1. The van der Waals surface area contributed by atoms with Crippen molar-refractivity contribution < 1.29 is 19.4 Å². The van der Waals surface area contributed by atoms with Gasteiger partial charge in [-0.15, -0.1) is 0 Å². The molecule has 1 aliphatic carbocycles. The largest absolute Gasteiger partial charge is 0.479 e. The predicted octanol–water partition coefficient (Wildman–Crippen LogP) is 5.84. The fourth-order valence-electron chi connectivity index (χ4n) is 4.86. The van der Waals surface area contributed by atoms with Crippen molar-refractivity contribution in [2.75, 3.05) is 0 Å². The van der Waals surface area contributed by atoms with Gasteiger partial charge in [0, 0.05) is 6.42 Å². The summed E-state index contributed by atoms with van der Waals surface area (Å²) in [6, 6.07) is 15.6. The van der Waals surface area contributed by atoms with Gasteiger partial charge in [-0.2, -0.15) is 0 Å². The maximum Gasteiger partial charge on any atom is 0.344 e. The van der Waals surface area contributed by atoms with Crippen LogP contribution in [0.1, 0.15) is 70.8 Å². The molecule has 2 aliphatic rings. The second-order valence-electron chi connectivity index (χ2n) is 9.44. The lowest BCUT2D eigenvalue weighted by Crippen LogP contribution is -2.43. The summed E-state index contributed by atoms with van der Waals surface area (Å²) in [7, 11) is 0. The first-order chi connectivity index (χ1) is 16.4. The summed E-state index contributed by atoms with van der Waals surface area (Å²) in [5.41, 5.74) is 2.51. The van der Waals surface area contributed by atoms with Gasteiger partial charge in [0.1, 0.15) is 17.1 Å². The molecule has 180 valence electrons. The van der Waals surface area contributed by atoms with Crippen LogP contribution in [0.15, 0.2) is 53.5 Å². The zero-order valence-electron chi connectivity index (χ0n) is 20.1. The second-order valence-corrected chi connectivity index (χ2v) is 9.44. The number of aliphatic carboxylic acids is 1. The molecule has 0 bridgehead atoms. The Labute approximate surface area is 201 Å². The van der Waals surface area contributed by atoms with Crippen molar-refractivity contribution in [2.24, 2.45) is 4.99 Å². The molecule has 1 spiro atoms. The molecule has 1 amide bonds. The Morgan fingerprint density at radius 1 is 1.12 bits per heavy atom. The van der Waals surface area contributed by atoms with E-state index in [1.165, 1.54) is 13.3 Å². The van der Waals surface area contributed by atoms with E-state index in [4.69, 9.17) is 14.8 Å². The molecule has 0 aromatic heterocycles. The van der Waals surface area contributed by atoms with Gasteiger partial charge in [0.2, 0.25) is 0 Å². The number of carboxylic acid groups (broad SMARTS) is 1. The molecule has 2 aromatic carbocycles. The minimum Gasteiger partial charge on any atom is -0.479 e. The maximum atomic E-state index is 13.5. The standard InChI is InChI=1S/C28H34N2O4/c1-3-4-11-25-29-28(16-6-5-7-17-28)27(33)30(25)19-21-12-14-22(15-13-21)23-9-8-10-24(18-23)34-20(2)26(31)32/h8-10,12-15,18,20H,3-7,11,16-17,19H2,1-2H3,(H,31,32). The molecule has 0 saturated heterocycles. The van der Waals surface area contributed by atoms with Crippen molar-refractivity contribution in [1.29, 1.82) is 0 Å². The molecule has 34 heavy (non-hydrogen) atoms. The molecule has 4 rings (SSSR count). The SMILES string of the molecule is CCCCC1=NC2(CCCCC2)C(=O)N1Cc1ccc(-c2cccc(OC(C)C(=O)O)c2)cc1. The van der Waals surface area contributed by atoms with Gasteiger partial charge >= 0.3 is 5.97 Å². The van der Waals surface area contributed by atoms with Crippen LogP contribution in [-0.4, -0.2) is 39.4 Å². The van der Waals surface area contributed by atoms with Gasteiger partial charge in [-0.3, -0.25) is 14.7 Å². The Kier molecular flexibility index (Phi) is 7.35. The van der Waals surface area contributed by atoms with Crippen LogP contribution in [-0.2, 0) is 16.1 Å². The number of benzene rings is 2. The van der Waals surface area contributed by atoms with Gasteiger partial charge in [-0.05, 0) is 55.0 Å². The summed E-state index contributed by atoms with van der Waals surface area (Å²) in [6.45, 7) is 4.22. The van der Waals surface area contributed by atoms with Crippen LogP contribution in [0.25, 0.3) is 11.1 Å². The van der Waals surface area contributed by atoms with Crippen molar-refractivity contribution in [3.8, 4) is 16.9 Å². The first-order valence-electron chi connectivity index (χ1n) is 12.4. The average molecular weight is 463 g/mol. The zero-order valence-corrected chi connectivity index (χ0v) is 20.1. The van der Waals surface area contributed by atoms with Gasteiger partial charge in [-0.1, -0.05) is 69.0 Å². The lowest BCUT2D eigenvalue weighted by Gasteiger charge is -2.29. The molecule has 1 aliphatic heterocycles. The van der Waals surface area contributed by atoms with E-state index in [0.29, 0.717) is 12.3 Å². The summed E-state index contributed by atoms with van der Waals surface area (Å²) >= 11 is 0. The number of amidine groups is 1. The van der Waals surface area contributed by atoms with Crippen LogP contribution in [0, 0.1) is 0 Å². The van der Waals surface area contributed by atoms with E-state index < -0.39 is 17.6 Å². The van der Waals surface area contributed by atoms with E-state index in [-0.39, 0.29) is 5.91 Å². The molecule has 1 unspecified atom stereocenters. The first-order valence-corrected chi connectivity index (χ1v) is 12.4. The third-order valence-corrected chi connectivity index (χ3v) is 6.86. The molecule has 1 atom stereocenters. The minimum atomic E-state index is -0.997. The Balaban J connectivity index is 1.49. The van der Waals surface area contributed by atoms with Gasteiger partial charge in [0.15, 0.2) is 6.10 Å². The molecule has 1 saturated carbocycles. The number of rotatable bonds is 9. The number of hydrogen-bond donors (Lipinski definition) is 1. The summed E-state index contributed by atoms with van der Waals surface area (Å²) < 4.78 is 5.50. The topological polar surface area (TPSA) is 79.2 Å². The number of ether oxygens (including phenoxy) is 1. The monoisotopic (exact) mass is 462 g/mol. The highest BCUT2D eigenvalue weighted by molar-refractivity contribution is 6.08. The average Bonchev–Trinajstić information content (AvgIpc) is 3.09. The number of unbranched alkanes of at least 4 members (excludes halogenated alkanes) is 1. The Hall–Kier alpha value is -3.15. The van der Waals surface area contributed by atoms with E-state index >= 15 is 0 Å². The van der Waals surface area contributed by atoms with E-state index in [2.05, 4.69) is 19.1 Å². The summed E-state index contributed by atoms with van der Waals surface area (Å²) in [6.07, 6.45) is 7.15. The summed E-state index contributed by atoms with van der Waals surface area (Å²) in [5.74, 6) is 0.659. The van der Waals surface area contributed by atoms with E-state index in [1.54, 1.807) is 6.07 Å². The molecule has 6 nitrogen and oxygen atoms in total. The molecule has 2 aromatic rings. The highest BCUT2D eigenvalue weighted by atomic mass is 16.5. The number of hydrogen-bond acceptors (Lipinski definition) is 4. The number of nitrogens with zero attached hydrogens (tertiary/aromatic N) is 2. The Morgan fingerprint density at radius 2 is 1.85 bits per heavy atom. The van der Waals surface area contributed by atoms with Crippen LogP contribution in [0.3, 0.4) is 0 Å². The normalized spacial score (nSPS) is 18.1. The smallest absolute Gasteiger partial charge is 0.344 e. The third kappa shape index (κ3) is 5.16. The van der Waals surface area contributed by atoms with E-state index in [1.807, 2.05) is 35.2 Å². The third-order valence-electron chi connectivity index (χ3n) is 6.86. The number of aliphatic imine (C=N–C) groups is 1. The molecular formula is C28H34N2O4. The molecule has 6 heteroatoms. The molecule has 1 N–H and O–H groups in total. The van der Waals surface area contributed by atoms with Crippen LogP contribution < -0.4 is 4.74 Å². The quantitative estimate of drug-likeness (QED) is 0.508. The van der Waals surface area contributed by atoms with Gasteiger partial charge in [0.25, 0.3) is 5.91 Å². The molecular weight excluding hydrogens is 428 g/mol. The highest BCUT2D eigenvalue weighted by Gasteiger charge is 2.47. The fourth-order valence-corrected chi connectivity index (χ4v) is 4.86. The molecule has 1 heterocycles. The summed E-state index contributed by atoms with van der Waals surface area (Å²) in [5, 5.41) is 9.08. The Bertz CT molecular complexity index is 1050.